The van der Waals surface area contributed by atoms with Crippen molar-refractivity contribution < 1.29 is 17.9 Å². The Morgan fingerprint density at radius 2 is 2.09 bits per heavy atom. The third-order valence-corrected chi connectivity index (χ3v) is 6.87. The van der Waals surface area contributed by atoms with E-state index in [0.29, 0.717) is 10.9 Å². The van der Waals surface area contributed by atoms with Crippen LogP contribution in [0.4, 0.5) is 5.69 Å². The average molecular weight is 340 g/mol. The lowest BCUT2D eigenvalue weighted by atomic mass is 10.2. The monoisotopic (exact) mass is 340 g/mol. The summed E-state index contributed by atoms with van der Waals surface area (Å²) in [5.74, 6) is 0.513. The van der Waals surface area contributed by atoms with Gasteiger partial charge in [-0.25, -0.2) is 8.42 Å². The Balaban J connectivity index is 2.08. The van der Waals surface area contributed by atoms with Crippen LogP contribution in [0.1, 0.15) is 6.92 Å². The highest BCUT2D eigenvalue weighted by Crippen LogP contribution is 2.43. The number of aliphatic imine (C=N–C) groups is 1. The number of anilines is 1. The molecule has 0 bridgehead atoms. The van der Waals surface area contributed by atoms with Gasteiger partial charge in [-0.15, -0.1) is 0 Å². The van der Waals surface area contributed by atoms with E-state index >= 15 is 0 Å². The fourth-order valence-electron chi connectivity index (χ4n) is 2.81. The fraction of sp³-hybridized carbons (Fsp3) is 0.429. The van der Waals surface area contributed by atoms with E-state index in [1.165, 1.54) is 18.7 Å². The summed E-state index contributed by atoms with van der Waals surface area (Å²) in [5.41, 5.74) is 0.738. The van der Waals surface area contributed by atoms with Gasteiger partial charge in [0.25, 0.3) is 0 Å². The third kappa shape index (κ3) is 2.72. The highest BCUT2D eigenvalue weighted by Gasteiger charge is 2.49. The molecule has 2 heterocycles. The number of thioether (sulfide) groups is 1. The zero-order valence-electron chi connectivity index (χ0n) is 12.2. The van der Waals surface area contributed by atoms with Crippen LogP contribution in [0.5, 0.6) is 5.75 Å². The van der Waals surface area contributed by atoms with Crippen molar-refractivity contribution in [1.82, 2.24) is 0 Å². The molecule has 1 aromatic rings. The Morgan fingerprint density at radius 3 is 2.77 bits per heavy atom. The van der Waals surface area contributed by atoms with Crippen LogP contribution in [-0.2, 0) is 14.6 Å². The number of fused-ring (bicyclic) bond motifs is 1. The molecule has 0 unspecified atom stereocenters. The number of hydrogen-bond donors (Lipinski definition) is 0. The van der Waals surface area contributed by atoms with Crippen LogP contribution in [0.25, 0.3) is 0 Å². The van der Waals surface area contributed by atoms with E-state index in [2.05, 4.69) is 4.99 Å². The number of rotatable bonds is 2. The predicted octanol–water partition coefficient (Wildman–Crippen LogP) is 1.32. The van der Waals surface area contributed by atoms with E-state index < -0.39 is 9.84 Å². The Hall–Kier alpha value is -1.54. The second-order valence-corrected chi connectivity index (χ2v) is 8.62. The minimum Gasteiger partial charge on any atom is -0.495 e. The topological polar surface area (TPSA) is 76.0 Å². The van der Waals surface area contributed by atoms with Gasteiger partial charge in [-0.1, -0.05) is 23.9 Å². The van der Waals surface area contributed by atoms with Gasteiger partial charge in [0.05, 0.1) is 30.3 Å². The summed E-state index contributed by atoms with van der Waals surface area (Å²) in [6, 6.07) is 7.13. The van der Waals surface area contributed by atoms with Gasteiger partial charge in [-0.05, 0) is 12.1 Å². The van der Waals surface area contributed by atoms with Crippen molar-refractivity contribution in [2.75, 3.05) is 23.5 Å². The molecule has 0 aromatic heterocycles. The lowest BCUT2D eigenvalue weighted by molar-refractivity contribution is -0.115. The van der Waals surface area contributed by atoms with Gasteiger partial charge in [0.2, 0.25) is 5.91 Å². The van der Waals surface area contributed by atoms with Gasteiger partial charge in [0.15, 0.2) is 15.0 Å². The van der Waals surface area contributed by atoms with Gasteiger partial charge in [-0.2, -0.15) is 4.99 Å². The standard InChI is InChI=1S/C14H16N2O4S2/c1-9(17)15-14-16(10-5-3-4-6-12(10)20-2)11-7-22(18,19)8-13(11)21-14/h3-6,11,13H,7-8H2,1-2H3/t11-,13+/m0/s1. The molecule has 2 saturated heterocycles. The first-order valence-corrected chi connectivity index (χ1v) is 9.50. The molecule has 2 aliphatic rings. The molecule has 2 atom stereocenters. The molecule has 6 nitrogen and oxygen atoms in total. The number of carbonyl (C=O) groups is 1. The highest BCUT2D eigenvalue weighted by molar-refractivity contribution is 8.16. The molecular weight excluding hydrogens is 324 g/mol. The summed E-state index contributed by atoms with van der Waals surface area (Å²) in [5, 5.41) is 0.440. The maximum atomic E-state index is 11.9. The molecule has 0 radical (unpaired) electrons. The molecule has 1 amide bonds. The number of sulfone groups is 1. The summed E-state index contributed by atoms with van der Waals surface area (Å²) < 4.78 is 29.2. The normalized spacial score (nSPS) is 27.9. The molecule has 0 aliphatic carbocycles. The predicted molar refractivity (Wildman–Crippen MR) is 87.4 cm³/mol. The van der Waals surface area contributed by atoms with Crippen molar-refractivity contribution in [2.24, 2.45) is 4.99 Å². The van der Waals surface area contributed by atoms with Crippen LogP contribution in [0.3, 0.4) is 0 Å². The van der Waals surface area contributed by atoms with E-state index in [-0.39, 0.29) is 28.7 Å². The third-order valence-electron chi connectivity index (χ3n) is 3.66. The molecule has 22 heavy (non-hydrogen) atoms. The smallest absolute Gasteiger partial charge is 0.244 e. The first kappa shape index (κ1) is 15.4. The second kappa shape index (κ2) is 5.58. The second-order valence-electron chi connectivity index (χ2n) is 5.26. The quantitative estimate of drug-likeness (QED) is 0.808. The summed E-state index contributed by atoms with van der Waals surface area (Å²) in [6.07, 6.45) is 0. The fourth-order valence-corrected chi connectivity index (χ4v) is 6.76. The zero-order chi connectivity index (χ0) is 15.9. The molecule has 0 saturated carbocycles. The molecule has 8 heteroatoms. The van der Waals surface area contributed by atoms with Crippen LogP contribution in [0.2, 0.25) is 0 Å². The van der Waals surface area contributed by atoms with Crippen molar-refractivity contribution in [1.29, 1.82) is 0 Å². The Bertz CT molecular complexity index is 745. The maximum Gasteiger partial charge on any atom is 0.244 e. The number of para-hydroxylation sites is 2. The molecular formula is C14H16N2O4S2. The number of carbonyl (C=O) groups excluding carboxylic acids is 1. The van der Waals surface area contributed by atoms with Crippen LogP contribution in [0, 0.1) is 0 Å². The molecule has 118 valence electrons. The number of amidine groups is 1. The summed E-state index contributed by atoms with van der Waals surface area (Å²) in [7, 11) is -1.50. The molecule has 2 aliphatic heterocycles. The molecule has 3 rings (SSSR count). The minimum atomic E-state index is -3.06. The van der Waals surface area contributed by atoms with Gasteiger partial charge < -0.3 is 9.64 Å². The first-order chi connectivity index (χ1) is 10.4. The van der Waals surface area contributed by atoms with E-state index in [0.717, 1.165) is 5.69 Å². The average Bonchev–Trinajstić information content (AvgIpc) is 2.89. The van der Waals surface area contributed by atoms with Crippen LogP contribution in [-0.4, -0.2) is 49.4 Å². The summed E-state index contributed by atoms with van der Waals surface area (Å²) in [4.78, 5) is 17.3. The number of amides is 1. The first-order valence-electron chi connectivity index (χ1n) is 6.80. The maximum absolute atomic E-state index is 11.9. The Morgan fingerprint density at radius 1 is 1.36 bits per heavy atom. The number of benzene rings is 1. The molecule has 0 spiro atoms. The van der Waals surface area contributed by atoms with Crippen LogP contribution >= 0.6 is 11.8 Å². The number of methoxy groups -OCH3 is 1. The summed E-state index contributed by atoms with van der Waals surface area (Å²) >= 11 is 1.35. The van der Waals surface area contributed by atoms with Crippen molar-refractivity contribution >= 4 is 38.4 Å². The van der Waals surface area contributed by atoms with Crippen LogP contribution < -0.4 is 9.64 Å². The largest absolute Gasteiger partial charge is 0.495 e. The highest BCUT2D eigenvalue weighted by atomic mass is 32.2. The number of ether oxygens (including phenoxy) is 1. The van der Waals surface area contributed by atoms with Crippen LogP contribution in [0.15, 0.2) is 29.3 Å². The van der Waals surface area contributed by atoms with E-state index in [9.17, 15) is 13.2 Å². The summed E-state index contributed by atoms with van der Waals surface area (Å²) in [6.45, 7) is 1.39. The lowest BCUT2D eigenvalue weighted by Crippen LogP contribution is -2.37. The Labute approximate surface area is 133 Å². The van der Waals surface area contributed by atoms with Crippen molar-refractivity contribution in [3.05, 3.63) is 24.3 Å². The Kier molecular flexibility index (Phi) is 3.90. The van der Waals surface area contributed by atoms with Gasteiger partial charge in [-0.3, -0.25) is 4.79 Å². The van der Waals surface area contributed by atoms with Gasteiger partial charge in [0, 0.05) is 12.2 Å². The minimum absolute atomic E-state index is 0.0691. The van der Waals surface area contributed by atoms with E-state index in [1.807, 2.05) is 29.2 Å². The van der Waals surface area contributed by atoms with Crippen molar-refractivity contribution in [2.45, 2.75) is 18.2 Å². The van der Waals surface area contributed by atoms with Gasteiger partial charge >= 0.3 is 0 Å². The van der Waals surface area contributed by atoms with Crippen molar-refractivity contribution in [3.63, 3.8) is 0 Å². The SMILES string of the molecule is COc1ccccc1N1C(=NC(C)=O)S[C@@H]2CS(=O)(=O)C[C@@H]21. The molecule has 1 aromatic carbocycles. The van der Waals surface area contributed by atoms with E-state index in [4.69, 9.17) is 4.74 Å². The lowest BCUT2D eigenvalue weighted by Gasteiger charge is -2.26. The number of nitrogens with zero attached hydrogens (tertiary/aromatic N) is 2. The van der Waals surface area contributed by atoms with Crippen molar-refractivity contribution in [3.8, 4) is 5.75 Å². The molecule has 2 fully saturated rings. The van der Waals surface area contributed by atoms with E-state index in [1.54, 1.807) is 7.11 Å². The zero-order valence-corrected chi connectivity index (χ0v) is 13.9. The van der Waals surface area contributed by atoms with Gasteiger partial charge in [0.1, 0.15) is 5.75 Å². The number of hydrogen-bond acceptors (Lipinski definition) is 5. The molecule has 0 N–H and O–H groups in total.